The number of primary amides is 1. The highest BCUT2D eigenvalue weighted by molar-refractivity contribution is 5.85. The van der Waals surface area contributed by atoms with Crippen molar-refractivity contribution < 1.29 is 4.79 Å². The van der Waals surface area contributed by atoms with Crippen LogP contribution in [0, 0.1) is 19.8 Å². The quantitative estimate of drug-likeness (QED) is 0.828. The molecule has 1 heterocycles. The van der Waals surface area contributed by atoms with Gasteiger partial charge < -0.3 is 11.1 Å². The molecule has 1 aromatic rings. The van der Waals surface area contributed by atoms with Gasteiger partial charge in [-0.3, -0.25) is 9.48 Å². The molecular formula is C15H27N5O. The first-order chi connectivity index (χ1) is 9.85. The molecule has 0 bridgehead atoms. The average Bonchev–Trinajstić information content (AvgIpc) is 2.90. The van der Waals surface area contributed by atoms with Gasteiger partial charge in [0, 0.05) is 12.6 Å². The molecule has 1 fully saturated rings. The van der Waals surface area contributed by atoms with Gasteiger partial charge in [0.05, 0.1) is 0 Å². The molecule has 2 rings (SSSR count). The predicted molar refractivity (Wildman–Crippen MR) is 81.7 cm³/mol. The molecule has 21 heavy (non-hydrogen) atoms. The predicted octanol–water partition coefficient (Wildman–Crippen LogP) is 1.31. The molecular weight excluding hydrogens is 266 g/mol. The Labute approximate surface area is 126 Å². The van der Waals surface area contributed by atoms with Crippen molar-refractivity contribution in [3.05, 3.63) is 11.6 Å². The summed E-state index contributed by atoms with van der Waals surface area (Å²) in [4.78, 5) is 16.4. The molecule has 0 radical (unpaired) electrons. The molecule has 0 spiro atoms. The molecule has 0 saturated heterocycles. The van der Waals surface area contributed by atoms with Gasteiger partial charge in [-0.15, -0.1) is 0 Å². The smallest absolute Gasteiger partial charge is 0.238 e. The first-order valence-electron chi connectivity index (χ1n) is 7.81. The maximum absolute atomic E-state index is 12.1. The minimum atomic E-state index is -0.558. The summed E-state index contributed by atoms with van der Waals surface area (Å²) in [7, 11) is 0. The third-order valence-electron chi connectivity index (χ3n) is 4.46. The lowest BCUT2D eigenvalue weighted by Gasteiger charge is -2.35. The van der Waals surface area contributed by atoms with Crippen LogP contribution in [0.2, 0.25) is 0 Å². The molecule has 0 aromatic carbocycles. The molecule has 118 valence electrons. The van der Waals surface area contributed by atoms with Gasteiger partial charge in [0.25, 0.3) is 0 Å². The molecule has 1 aromatic heterocycles. The number of aromatic nitrogens is 3. The molecule has 2 unspecified atom stereocenters. The van der Waals surface area contributed by atoms with E-state index in [1.54, 1.807) is 0 Å². The summed E-state index contributed by atoms with van der Waals surface area (Å²) >= 11 is 0. The topological polar surface area (TPSA) is 85.8 Å². The van der Waals surface area contributed by atoms with Crippen molar-refractivity contribution >= 4 is 5.91 Å². The molecule has 3 N–H and O–H groups in total. The Morgan fingerprint density at radius 1 is 1.52 bits per heavy atom. The van der Waals surface area contributed by atoms with Gasteiger partial charge in [-0.1, -0.05) is 6.42 Å². The van der Waals surface area contributed by atoms with Crippen molar-refractivity contribution in [1.29, 1.82) is 0 Å². The second-order valence-electron chi connectivity index (χ2n) is 6.44. The van der Waals surface area contributed by atoms with E-state index in [1.807, 2.05) is 18.5 Å². The average molecular weight is 293 g/mol. The van der Waals surface area contributed by atoms with Crippen molar-refractivity contribution in [2.45, 2.75) is 71.5 Å². The van der Waals surface area contributed by atoms with Crippen molar-refractivity contribution in [1.82, 2.24) is 20.1 Å². The van der Waals surface area contributed by atoms with Crippen LogP contribution in [0.15, 0.2) is 0 Å². The number of carbonyl (C=O) groups excluding carboxylic acids is 1. The van der Waals surface area contributed by atoms with Crippen molar-refractivity contribution in [2.75, 3.05) is 0 Å². The van der Waals surface area contributed by atoms with Gasteiger partial charge in [-0.25, -0.2) is 4.98 Å². The van der Waals surface area contributed by atoms with Crippen molar-refractivity contribution in [2.24, 2.45) is 11.7 Å². The molecule has 6 nitrogen and oxygen atoms in total. The van der Waals surface area contributed by atoms with E-state index in [4.69, 9.17) is 5.73 Å². The third-order valence-corrected chi connectivity index (χ3v) is 4.46. The largest absolute Gasteiger partial charge is 0.368 e. The maximum atomic E-state index is 12.1. The highest BCUT2D eigenvalue weighted by Gasteiger charge is 2.47. The van der Waals surface area contributed by atoms with Crippen molar-refractivity contribution in [3.63, 3.8) is 0 Å². The molecule has 1 saturated carbocycles. The van der Waals surface area contributed by atoms with Gasteiger partial charge in [-0.05, 0) is 52.9 Å². The molecule has 1 aliphatic rings. The summed E-state index contributed by atoms with van der Waals surface area (Å²) in [5.74, 6) is 1.76. The fourth-order valence-corrected chi connectivity index (χ4v) is 3.62. The van der Waals surface area contributed by atoms with Crippen LogP contribution in [0.1, 0.15) is 51.2 Å². The summed E-state index contributed by atoms with van der Waals surface area (Å²) in [6.45, 7) is 8.76. The maximum Gasteiger partial charge on any atom is 0.238 e. The Balaban J connectivity index is 2.10. The van der Waals surface area contributed by atoms with Crippen LogP contribution >= 0.6 is 0 Å². The number of nitrogens with zero attached hydrogens (tertiary/aromatic N) is 3. The number of nitrogens with one attached hydrogen (secondary N) is 1. The number of amides is 1. The van der Waals surface area contributed by atoms with Crippen LogP contribution in [0.4, 0.5) is 0 Å². The monoisotopic (exact) mass is 293 g/mol. The fourth-order valence-electron chi connectivity index (χ4n) is 3.62. The van der Waals surface area contributed by atoms with E-state index < -0.39 is 5.54 Å². The first kappa shape index (κ1) is 15.9. The lowest BCUT2D eigenvalue weighted by Crippen LogP contribution is -2.60. The number of rotatable bonds is 6. The Bertz CT molecular complexity index is 510. The second-order valence-corrected chi connectivity index (χ2v) is 6.44. The highest BCUT2D eigenvalue weighted by Crippen LogP contribution is 2.38. The van der Waals surface area contributed by atoms with Crippen LogP contribution in [0.25, 0.3) is 0 Å². The van der Waals surface area contributed by atoms with Gasteiger partial charge >= 0.3 is 0 Å². The van der Waals surface area contributed by atoms with E-state index in [0.717, 1.165) is 43.9 Å². The Kier molecular flexibility index (Phi) is 4.66. The third kappa shape index (κ3) is 3.26. The van der Waals surface area contributed by atoms with E-state index >= 15 is 0 Å². The SMILES string of the molecule is Cc1nc(C)n(CCC2CCCC2(NC(C)C)C(N)=O)n1. The molecule has 1 aliphatic carbocycles. The molecule has 2 atom stereocenters. The number of hydrogen-bond acceptors (Lipinski definition) is 4. The van der Waals surface area contributed by atoms with E-state index in [1.165, 1.54) is 0 Å². The van der Waals surface area contributed by atoms with Gasteiger partial charge in [0.15, 0.2) is 0 Å². The molecule has 1 amide bonds. The number of nitrogens with two attached hydrogens (primary N) is 1. The van der Waals surface area contributed by atoms with Gasteiger partial charge in [-0.2, -0.15) is 5.10 Å². The van der Waals surface area contributed by atoms with Crippen LogP contribution in [-0.4, -0.2) is 32.3 Å². The van der Waals surface area contributed by atoms with Crippen molar-refractivity contribution in [3.8, 4) is 0 Å². The van der Waals surface area contributed by atoms with Crippen LogP contribution < -0.4 is 11.1 Å². The Morgan fingerprint density at radius 3 is 2.76 bits per heavy atom. The number of carbonyl (C=O) groups is 1. The summed E-state index contributed by atoms with van der Waals surface area (Å²) in [5, 5.41) is 7.83. The van der Waals surface area contributed by atoms with Crippen LogP contribution in [0.5, 0.6) is 0 Å². The molecule has 6 heteroatoms. The highest BCUT2D eigenvalue weighted by atomic mass is 16.1. The normalized spacial score (nSPS) is 25.7. The van der Waals surface area contributed by atoms with E-state index in [-0.39, 0.29) is 17.9 Å². The minimum Gasteiger partial charge on any atom is -0.368 e. The van der Waals surface area contributed by atoms with Crippen LogP contribution in [-0.2, 0) is 11.3 Å². The van der Waals surface area contributed by atoms with E-state index in [9.17, 15) is 4.79 Å². The zero-order valence-electron chi connectivity index (χ0n) is 13.5. The van der Waals surface area contributed by atoms with E-state index in [2.05, 4.69) is 29.2 Å². The van der Waals surface area contributed by atoms with Gasteiger partial charge in [0.2, 0.25) is 5.91 Å². The summed E-state index contributed by atoms with van der Waals surface area (Å²) < 4.78 is 1.93. The first-order valence-corrected chi connectivity index (χ1v) is 7.81. The Morgan fingerprint density at radius 2 is 2.24 bits per heavy atom. The summed E-state index contributed by atoms with van der Waals surface area (Å²) in [6.07, 6.45) is 3.81. The Hall–Kier alpha value is -1.43. The summed E-state index contributed by atoms with van der Waals surface area (Å²) in [5.41, 5.74) is 5.18. The fraction of sp³-hybridized carbons (Fsp3) is 0.800. The lowest BCUT2D eigenvalue weighted by molar-refractivity contribution is -0.126. The van der Waals surface area contributed by atoms with E-state index in [0.29, 0.717) is 0 Å². The molecule has 0 aliphatic heterocycles. The minimum absolute atomic E-state index is 0.217. The zero-order valence-corrected chi connectivity index (χ0v) is 13.5. The summed E-state index contributed by atoms with van der Waals surface area (Å²) in [6, 6.07) is 0.244. The van der Waals surface area contributed by atoms with Gasteiger partial charge in [0.1, 0.15) is 17.2 Å². The van der Waals surface area contributed by atoms with Crippen LogP contribution in [0.3, 0.4) is 0 Å². The number of hydrogen-bond donors (Lipinski definition) is 2. The second kappa shape index (κ2) is 6.13. The lowest BCUT2D eigenvalue weighted by atomic mass is 9.83. The number of aryl methyl sites for hydroxylation is 3. The standard InChI is InChI=1S/C15H27N5O/c1-10(2)18-15(14(16)21)8-5-6-13(15)7-9-20-12(4)17-11(3)19-20/h10,13,18H,5-9H2,1-4H3,(H2,16,21). The zero-order chi connectivity index (χ0) is 15.6.